The molecule has 0 radical (unpaired) electrons. The first kappa shape index (κ1) is 15.3. The van der Waals surface area contributed by atoms with E-state index >= 15 is 0 Å². The highest BCUT2D eigenvalue weighted by Gasteiger charge is 2.31. The fraction of sp³-hybridized carbons (Fsp3) is 0.375. The molecule has 1 aromatic carbocycles. The number of hydrogen-bond donors (Lipinski definition) is 2. The summed E-state index contributed by atoms with van der Waals surface area (Å²) in [5.74, 6) is 0.225. The maximum Gasteiger partial charge on any atom is 0.240 e. The molecule has 5 heteroatoms. The van der Waals surface area contributed by atoms with E-state index < -0.39 is 11.4 Å². The van der Waals surface area contributed by atoms with Crippen LogP contribution in [0.25, 0.3) is 10.9 Å². The van der Waals surface area contributed by atoms with Crippen molar-refractivity contribution in [3.63, 3.8) is 0 Å². The number of primary amides is 1. The zero-order valence-electron chi connectivity index (χ0n) is 12.4. The first-order chi connectivity index (χ1) is 10.1. The molecule has 112 valence electrons. The number of carbonyl (C=O) groups excluding carboxylic acids is 1. The van der Waals surface area contributed by atoms with Gasteiger partial charge in [-0.1, -0.05) is 25.1 Å². The standard InChI is InChI=1S/C16H21N3O2/c1-3-9-19-16(2,15(17)20)11-21-13-8-4-6-12-7-5-10-18-14(12)13/h4-8,10,19H,3,9,11H2,1-2H3,(H2,17,20). The Morgan fingerprint density at radius 2 is 2.14 bits per heavy atom. The van der Waals surface area contributed by atoms with Crippen LogP contribution in [0.2, 0.25) is 0 Å². The summed E-state index contributed by atoms with van der Waals surface area (Å²) in [5.41, 5.74) is 5.38. The van der Waals surface area contributed by atoms with Crippen LogP contribution in [-0.4, -0.2) is 29.6 Å². The molecule has 21 heavy (non-hydrogen) atoms. The molecule has 5 nitrogen and oxygen atoms in total. The molecular formula is C16H21N3O2. The Kier molecular flexibility index (Phi) is 4.75. The second kappa shape index (κ2) is 6.54. The van der Waals surface area contributed by atoms with E-state index in [0.29, 0.717) is 12.3 Å². The average Bonchev–Trinajstić information content (AvgIpc) is 2.50. The Bertz CT molecular complexity index is 624. The summed E-state index contributed by atoms with van der Waals surface area (Å²) in [6.07, 6.45) is 2.64. The molecule has 0 aliphatic carbocycles. The molecule has 0 saturated carbocycles. The monoisotopic (exact) mass is 287 g/mol. The summed E-state index contributed by atoms with van der Waals surface area (Å²) in [7, 11) is 0. The molecule has 2 rings (SSSR count). The van der Waals surface area contributed by atoms with E-state index in [-0.39, 0.29) is 6.61 Å². The van der Waals surface area contributed by atoms with E-state index in [1.807, 2.05) is 37.3 Å². The molecule has 0 saturated heterocycles. The predicted octanol–water partition coefficient (Wildman–Crippen LogP) is 1.86. The van der Waals surface area contributed by atoms with Gasteiger partial charge in [0.2, 0.25) is 5.91 Å². The van der Waals surface area contributed by atoms with Gasteiger partial charge < -0.3 is 15.8 Å². The molecular weight excluding hydrogens is 266 g/mol. The summed E-state index contributed by atoms with van der Waals surface area (Å²) >= 11 is 0. The number of benzene rings is 1. The predicted molar refractivity (Wildman–Crippen MR) is 83.1 cm³/mol. The fourth-order valence-corrected chi connectivity index (χ4v) is 2.02. The fourth-order valence-electron chi connectivity index (χ4n) is 2.02. The number of fused-ring (bicyclic) bond motifs is 1. The second-order valence-electron chi connectivity index (χ2n) is 5.24. The van der Waals surface area contributed by atoms with Gasteiger partial charge in [-0.05, 0) is 32.0 Å². The van der Waals surface area contributed by atoms with Gasteiger partial charge in [-0.15, -0.1) is 0 Å². The molecule has 0 aliphatic heterocycles. The number of aromatic nitrogens is 1. The third kappa shape index (κ3) is 3.49. The number of nitrogens with one attached hydrogen (secondary N) is 1. The van der Waals surface area contributed by atoms with Crippen molar-refractivity contribution in [2.24, 2.45) is 5.73 Å². The summed E-state index contributed by atoms with van der Waals surface area (Å²) < 4.78 is 5.82. The van der Waals surface area contributed by atoms with Crippen molar-refractivity contribution >= 4 is 16.8 Å². The van der Waals surface area contributed by atoms with Gasteiger partial charge in [-0.3, -0.25) is 9.78 Å². The quantitative estimate of drug-likeness (QED) is 0.815. The van der Waals surface area contributed by atoms with E-state index in [9.17, 15) is 4.79 Å². The van der Waals surface area contributed by atoms with Crippen LogP contribution in [-0.2, 0) is 4.79 Å². The Morgan fingerprint density at radius 1 is 1.38 bits per heavy atom. The number of nitrogens with zero attached hydrogens (tertiary/aromatic N) is 1. The van der Waals surface area contributed by atoms with Crippen molar-refractivity contribution in [3.05, 3.63) is 36.5 Å². The third-order valence-corrected chi connectivity index (χ3v) is 3.42. The van der Waals surface area contributed by atoms with Crippen LogP contribution < -0.4 is 15.8 Å². The van der Waals surface area contributed by atoms with Crippen LogP contribution in [0.1, 0.15) is 20.3 Å². The van der Waals surface area contributed by atoms with E-state index in [0.717, 1.165) is 17.3 Å². The van der Waals surface area contributed by atoms with Crippen molar-refractivity contribution in [3.8, 4) is 5.75 Å². The molecule has 2 aromatic rings. The van der Waals surface area contributed by atoms with Crippen LogP contribution in [0.4, 0.5) is 0 Å². The first-order valence-electron chi connectivity index (χ1n) is 7.08. The van der Waals surface area contributed by atoms with Crippen molar-refractivity contribution in [1.82, 2.24) is 10.3 Å². The molecule has 1 atom stereocenters. The van der Waals surface area contributed by atoms with Crippen LogP contribution in [0, 0.1) is 0 Å². The summed E-state index contributed by atoms with van der Waals surface area (Å²) in [6.45, 7) is 4.65. The largest absolute Gasteiger partial charge is 0.489 e. The normalized spacial score (nSPS) is 13.8. The lowest BCUT2D eigenvalue weighted by atomic mass is 10.0. The van der Waals surface area contributed by atoms with E-state index in [1.54, 1.807) is 13.1 Å². The van der Waals surface area contributed by atoms with Gasteiger partial charge in [0.1, 0.15) is 23.4 Å². The number of rotatable bonds is 7. The van der Waals surface area contributed by atoms with Gasteiger partial charge in [0.05, 0.1) is 0 Å². The first-order valence-corrected chi connectivity index (χ1v) is 7.08. The van der Waals surface area contributed by atoms with Gasteiger partial charge in [-0.25, -0.2) is 0 Å². The highest BCUT2D eigenvalue weighted by Crippen LogP contribution is 2.23. The highest BCUT2D eigenvalue weighted by atomic mass is 16.5. The third-order valence-electron chi connectivity index (χ3n) is 3.42. The number of ether oxygens (including phenoxy) is 1. The minimum atomic E-state index is -0.896. The minimum absolute atomic E-state index is 0.165. The van der Waals surface area contributed by atoms with Crippen molar-refractivity contribution < 1.29 is 9.53 Å². The van der Waals surface area contributed by atoms with E-state index in [1.165, 1.54) is 0 Å². The Hall–Kier alpha value is -2.14. The number of amides is 1. The number of hydrogen-bond acceptors (Lipinski definition) is 4. The molecule has 0 fully saturated rings. The number of carbonyl (C=O) groups is 1. The van der Waals surface area contributed by atoms with Crippen LogP contribution in [0.15, 0.2) is 36.5 Å². The maximum atomic E-state index is 11.7. The second-order valence-corrected chi connectivity index (χ2v) is 5.24. The maximum absolute atomic E-state index is 11.7. The Labute approximate surface area is 124 Å². The smallest absolute Gasteiger partial charge is 0.240 e. The zero-order chi connectivity index (χ0) is 15.3. The molecule has 0 bridgehead atoms. The lowest BCUT2D eigenvalue weighted by molar-refractivity contribution is -0.124. The summed E-state index contributed by atoms with van der Waals surface area (Å²) in [4.78, 5) is 16.0. The Morgan fingerprint density at radius 3 is 2.86 bits per heavy atom. The molecule has 1 aromatic heterocycles. The van der Waals surface area contributed by atoms with E-state index in [2.05, 4.69) is 10.3 Å². The minimum Gasteiger partial charge on any atom is -0.489 e. The van der Waals surface area contributed by atoms with Gasteiger partial charge in [0.15, 0.2) is 0 Å². The SMILES string of the molecule is CCCNC(C)(COc1cccc2cccnc12)C(N)=O. The lowest BCUT2D eigenvalue weighted by Gasteiger charge is -2.27. The molecule has 3 N–H and O–H groups in total. The lowest BCUT2D eigenvalue weighted by Crippen LogP contribution is -2.57. The van der Waals surface area contributed by atoms with Gasteiger partial charge in [0.25, 0.3) is 0 Å². The highest BCUT2D eigenvalue weighted by molar-refractivity contribution is 5.85. The number of pyridine rings is 1. The molecule has 1 heterocycles. The van der Waals surface area contributed by atoms with Gasteiger partial charge >= 0.3 is 0 Å². The van der Waals surface area contributed by atoms with Gasteiger partial charge in [0, 0.05) is 11.6 Å². The van der Waals surface area contributed by atoms with Crippen molar-refractivity contribution in [2.45, 2.75) is 25.8 Å². The molecule has 0 aliphatic rings. The molecule has 0 spiro atoms. The van der Waals surface area contributed by atoms with Crippen molar-refractivity contribution in [2.75, 3.05) is 13.2 Å². The van der Waals surface area contributed by atoms with Crippen LogP contribution in [0.3, 0.4) is 0 Å². The zero-order valence-corrected chi connectivity index (χ0v) is 12.4. The summed E-state index contributed by atoms with van der Waals surface area (Å²) in [6, 6.07) is 9.56. The van der Waals surface area contributed by atoms with Crippen LogP contribution in [0.5, 0.6) is 5.75 Å². The molecule has 1 unspecified atom stereocenters. The molecule has 1 amide bonds. The topological polar surface area (TPSA) is 77.2 Å². The van der Waals surface area contributed by atoms with Gasteiger partial charge in [-0.2, -0.15) is 0 Å². The number of para-hydroxylation sites is 1. The average molecular weight is 287 g/mol. The van der Waals surface area contributed by atoms with Crippen LogP contribution >= 0.6 is 0 Å². The van der Waals surface area contributed by atoms with E-state index in [4.69, 9.17) is 10.5 Å². The number of nitrogens with two attached hydrogens (primary N) is 1. The van der Waals surface area contributed by atoms with Crippen molar-refractivity contribution in [1.29, 1.82) is 0 Å². The summed E-state index contributed by atoms with van der Waals surface area (Å²) in [5, 5.41) is 4.14. The Balaban J connectivity index is 2.18.